The molecule has 2 aliphatic carbocycles. The van der Waals surface area contributed by atoms with E-state index in [-0.39, 0.29) is 7.69 Å². The summed E-state index contributed by atoms with van der Waals surface area (Å²) >= 11 is 0. The van der Waals surface area contributed by atoms with Gasteiger partial charge in [-0.15, -0.1) is 0 Å². The van der Waals surface area contributed by atoms with Crippen LogP contribution < -0.4 is 18.8 Å². The summed E-state index contributed by atoms with van der Waals surface area (Å²) in [6.07, 6.45) is 5.19. The minimum Gasteiger partial charge on any atom is -0.529 e. The smallest absolute Gasteiger partial charge is 0.529 e. The standard InChI is InChI=1S/C20H23BO4/c1-2-15(1)13-22-17-5-9-19(10-6-17)24-21-25-20-11-7-18(8-12-20)23-14-16-3-4-16/h5-12,15-16,21H,1-4,13-14H2. The highest BCUT2D eigenvalue weighted by Gasteiger charge is 2.22. The quantitative estimate of drug-likeness (QED) is 0.614. The van der Waals surface area contributed by atoms with Crippen LogP contribution in [0.5, 0.6) is 23.0 Å². The Morgan fingerprint density at radius 3 is 1.32 bits per heavy atom. The number of benzene rings is 2. The van der Waals surface area contributed by atoms with Crippen molar-refractivity contribution >= 4 is 7.69 Å². The van der Waals surface area contributed by atoms with Crippen molar-refractivity contribution in [2.75, 3.05) is 13.2 Å². The maximum atomic E-state index is 5.71. The van der Waals surface area contributed by atoms with Crippen molar-refractivity contribution in [3.63, 3.8) is 0 Å². The van der Waals surface area contributed by atoms with Crippen molar-refractivity contribution in [2.45, 2.75) is 25.7 Å². The molecule has 0 N–H and O–H groups in total. The molecule has 0 saturated heterocycles. The Morgan fingerprint density at radius 1 is 0.600 bits per heavy atom. The van der Waals surface area contributed by atoms with Crippen molar-refractivity contribution in [2.24, 2.45) is 11.8 Å². The number of hydrogen-bond acceptors (Lipinski definition) is 4. The molecule has 0 spiro atoms. The summed E-state index contributed by atoms with van der Waals surface area (Å²) in [6, 6.07) is 15.3. The Labute approximate surface area is 149 Å². The third-order valence-electron chi connectivity index (χ3n) is 4.46. The van der Waals surface area contributed by atoms with Gasteiger partial charge in [0.1, 0.15) is 23.0 Å². The van der Waals surface area contributed by atoms with Gasteiger partial charge in [-0.25, -0.2) is 0 Å². The minimum absolute atomic E-state index is 0.171. The molecule has 0 aromatic heterocycles. The zero-order valence-electron chi connectivity index (χ0n) is 14.4. The van der Waals surface area contributed by atoms with E-state index >= 15 is 0 Å². The molecule has 2 saturated carbocycles. The van der Waals surface area contributed by atoms with E-state index in [0.717, 1.165) is 48.0 Å². The predicted molar refractivity (Wildman–Crippen MR) is 97.7 cm³/mol. The molecule has 2 aromatic carbocycles. The number of rotatable bonds is 10. The van der Waals surface area contributed by atoms with E-state index in [9.17, 15) is 0 Å². The van der Waals surface area contributed by atoms with Crippen molar-refractivity contribution in [1.29, 1.82) is 0 Å². The Balaban J connectivity index is 1.17. The van der Waals surface area contributed by atoms with Crippen molar-refractivity contribution in [1.82, 2.24) is 0 Å². The summed E-state index contributed by atoms with van der Waals surface area (Å²) in [4.78, 5) is 0. The van der Waals surface area contributed by atoms with Gasteiger partial charge in [-0.2, -0.15) is 0 Å². The second-order valence-electron chi connectivity index (χ2n) is 6.86. The zero-order chi connectivity index (χ0) is 16.9. The first-order chi connectivity index (χ1) is 12.3. The lowest BCUT2D eigenvalue weighted by Crippen LogP contribution is -2.10. The van der Waals surface area contributed by atoms with Crippen LogP contribution in [0, 0.1) is 11.8 Å². The second-order valence-corrected chi connectivity index (χ2v) is 6.86. The fourth-order valence-electron chi connectivity index (χ4n) is 2.43. The second kappa shape index (κ2) is 7.73. The molecule has 130 valence electrons. The van der Waals surface area contributed by atoms with Crippen molar-refractivity contribution in [3.05, 3.63) is 48.5 Å². The van der Waals surface area contributed by atoms with Gasteiger partial charge in [0.25, 0.3) is 0 Å². The lowest BCUT2D eigenvalue weighted by molar-refractivity contribution is 0.299. The van der Waals surface area contributed by atoms with Gasteiger partial charge in [0.2, 0.25) is 0 Å². The summed E-state index contributed by atoms with van der Waals surface area (Å²) < 4.78 is 22.6. The predicted octanol–water partition coefficient (Wildman–Crippen LogP) is 3.99. The lowest BCUT2D eigenvalue weighted by Gasteiger charge is -2.10. The van der Waals surface area contributed by atoms with Crippen LogP contribution in [0.25, 0.3) is 0 Å². The third kappa shape index (κ3) is 5.35. The monoisotopic (exact) mass is 338 g/mol. The summed E-state index contributed by atoms with van der Waals surface area (Å²) in [5.41, 5.74) is 0. The molecule has 0 atom stereocenters. The van der Waals surface area contributed by atoms with Crippen LogP contribution in [-0.2, 0) is 0 Å². The largest absolute Gasteiger partial charge is 0.576 e. The fourth-order valence-corrected chi connectivity index (χ4v) is 2.43. The highest BCUT2D eigenvalue weighted by Crippen LogP contribution is 2.30. The third-order valence-corrected chi connectivity index (χ3v) is 4.46. The zero-order valence-corrected chi connectivity index (χ0v) is 14.4. The molecule has 0 unspecified atom stereocenters. The SMILES string of the molecule is B(Oc1ccc(OCC2CC2)cc1)Oc1ccc(OCC2CC2)cc1. The maximum absolute atomic E-state index is 5.71. The molecule has 0 amide bonds. The molecule has 0 bridgehead atoms. The van der Waals surface area contributed by atoms with E-state index in [1.807, 2.05) is 48.5 Å². The Morgan fingerprint density at radius 2 is 0.960 bits per heavy atom. The molecule has 0 aliphatic heterocycles. The van der Waals surface area contributed by atoms with Crippen LogP contribution >= 0.6 is 0 Å². The van der Waals surface area contributed by atoms with Crippen LogP contribution in [0.15, 0.2) is 48.5 Å². The van der Waals surface area contributed by atoms with E-state index in [1.54, 1.807) is 0 Å². The number of ether oxygens (including phenoxy) is 2. The molecule has 2 aliphatic rings. The molecule has 4 rings (SSSR count). The van der Waals surface area contributed by atoms with Crippen LogP contribution in [-0.4, -0.2) is 20.9 Å². The van der Waals surface area contributed by atoms with E-state index in [1.165, 1.54) is 25.7 Å². The van der Waals surface area contributed by atoms with Crippen LogP contribution in [0.2, 0.25) is 0 Å². The first-order valence-corrected chi connectivity index (χ1v) is 9.06. The number of hydrogen-bond donors (Lipinski definition) is 0. The molecule has 2 fully saturated rings. The van der Waals surface area contributed by atoms with Gasteiger partial charge in [-0.3, -0.25) is 0 Å². The van der Waals surface area contributed by atoms with E-state index in [4.69, 9.17) is 18.8 Å². The molecular formula is C20H23BO4. The van der Waals surface area contributed by atoms with Gasteiger partial charge < -0.3 is 18.8 Å². The van der Waals surface area contributed by atoms with Crippen molar-refractivity contribution in [3.8, 4) is 23.0 Å². The topological polar surface area (TPSA) is 36.9 Å². The van der Waals surface area contributed by atoms with Crippen molar-refractivity contribution < 1.29 is 18.8 Å². The van der Waals surface area contributed by atoms with E-state index < -0.39 is 0 Å². The van der Waals surface area contributed by atoms with E-state index in [0.29, 0.717) is 0 Å². The van der Waals surface area contributed by atoms with Gasteiger partial charge in [0.15, 0.2) is 0 Å². The van der Waals surface area contributed by atoms with Gasteiger partial charge >= 0.3 is 7.69 Å². The summed E-state index contributed by atoms with van der Waals surface area (Å²) in [6.45, 7) is 1.65. The normalized spacial score (nSPS) is 16.2. The molecule has 25 heavy (non-hydrogen) atoms. The first kappa shape index (κ1) is 16.2. The molecule has 2 aromatic rings. The van der Waals surface area contributed by atoms with Crippen LogP contribution in [0.3, 0.4) is 0 Å². The average Bonchev–Trinajstić information content (AvgIpc) is 3.55. The molecule has 5 heteroatoms. The van der Waals surface area contributed by atoms with Gasteiger partial charge in [0.05, 0.1) is 13.2 Å². The highest BCUT2D eigenvalue weighted by molar-refractivity contribution is 6.20. The summed E-state index contributed by atoms with van der Waals surface area (Å²) in [7, 11) is 0.171. The fraction of sp³-hybridized carbons (Fsp3) is 0.400. The van der Waals surface area contributed by atoms with Gasteiger partial charge in [-0.1, -0.05) is 0 Å². The molecule has 0 heterocycles. The maximum Gasteiger partial charge on any atom is 0.576 e. The minimum atomic E-state index is 0.171. The summed E-state index contributed by atoms with van der Waals surface area (Å²) in [5.74, 6) is 4.83. The Kier molecular flexibility index (Phi) is 5.00. The lowest BCUT2D eigenvalue weighted by atomic mass is 10.2. The molecule has 4 nitrogen and oxygen atoms in total. The Bertz CT molecular complexity index is 604. The highest BCUT2D eigenvalue weighted by atomic mass is 16.6. The molecular weight excluding hydrogens is 315 g/mol. The van der Waals surface area contributed by atoms with Crippen LogP contribution in [0.1, 0.15) is 25.7 Å². The summed E-state index contributed by atoms with van der Waals surface area (Å²) in [5, 5.41) is 0. The Hall–Kier alpha value is -2.30. The van der Waals surface area contributed by atoms with Crippen LogP contribution in [0.4, 0.5) is 0 Å². The first-order valence-electron chi connectivity index (χ1n) is 9.06. The average molecular weight is 338 g/mol. The van der Waals surface area contributed by atoms with Gasteiger partial charge in [-0.05, 0) is 86.1 Å². The molecule has 0 radical (unpaired) electrons. The van der Waals surface area contributed by atoms with E-state index in [2.05, 4.69) is 0 Å². The van der Waals surface area contributed by atoms with Gasteiger partial charge in [0, 0.05) is 0 Å².